The Morgan fingerprint density at radius 3 is 2.18 bits per heavy atom. The van der Waals surface area contributed by atoms with E-state index < -0.39 is 18.1 Å². The molecular weight excluding hydrogens is 507 g/mol. The van der Waals surface area contributed by atoms with E-state index in [0.717, 1.165) is 44.2 Å². The van der Waals surface area contributed by atoms with E-state index in [0.29, 0.717) is 24.7 Å². The summed E-state index contributed by atoms with van der Waals surface area (Å²) in [5.41, 5.74) is 4.00. The summed E-state index contributed by atoms with van der Waals surface area (Å²) >= 11 is 0. The van der Waals surface area contributed by atoms with Crippen molar-refractivity contribution >= 4 is 24.1 Å². The van der Waals surface area contributed by atoms with Gasteiger partial charge in [-0.2, -0.15) is 18.4 Å². The summed E-state index contributed by atoms with van der Waals surface area (Å²) in [5.74, 6) is -0.628. The average Bonchev–Trinajstić information content (AvgIpc) is 3.49. The van der Waals surface area contributed by atoms with Gasteiger partial charge in [-0.15, -0.1) is 0 Å². The van der Waals surface area contributed by atoms with E-state index in [1.54, 1.807) is 7.11 Å². The molecule has 10 nitrogen and oxygen atoms in total. The van der Waals surface area contributed by atoms with Crippen LogP contribution in [0, 0.1) is 34.5 Å². The maximum atomic E-state index is 12.0. The van der Waals surface area contributed by atoms with E-state index in [4.69, 9.17) is 14.8 Å². The number of amides is 4. The summed E-state index contributed by atoms with van der Waals surface area (Å²) in [7, 11) is 1.66. The van der Waals surface area contributed by atoms with Crippen molar-refractivity contribution in [3.8, 4) is 6.07 Å². The highest BCUT2D eigenvalue weighted by atomic mass is 19.4. The van der Waals surface area contributed by atoms with Crippen molar-refractivity contribution in [2.45, 2.75) is 83.2 Å². The largest absolute Gasteiger partial charge is 0.470 e. The molecule has 0 aromatic carbocycles. The van der Waals surface area contributed by atoms with Gasteiger partial charge in [0.25, 0.3) is 0 Å². The highest BCUT2D eigenvalue weighted by Gasteiger charge is 2.62. The summed E-state index contributed by atoms with van der Waals surface area (Å²) in [5, 5.41) is 14.1. The monoisotopic (exact) mass is 545 g/mol. The van der Waals surface area contributed by atoms with E-state index in [2.05, 4.69) is 30.2 Å². The molecule has 0 radical (unpaired) electrons. The van der Waals surface area contributed by atoms with Crippen LogP contribution in [0.5, 0.6) is 0 Å². The van der Waals surface area contributed by atoms with E-state index in [9.17, 15) is 27.6 Å². The lowest BCUT2D eigenvalue weighted by atomic mass is 9.96. The van der Waals surface area contributed by atoms with Gasteiger partial charge in [0.15, 0.2) is 0 Å². The number of carbonyl (C=O) groups is 4. The molecule has 2 aliphatic heterocycles. The molecule has 4 unspecified atom stereocenters. The van der Waals surface area contributed by atoms with Crippen LogP contribution in [0.25, 0.3) is 0 Å². The molecule has 0 aromatic rings. The third-order valence-electron chi connectivity index (χ3n) is 8.08. The average molecular weight is 546 g/mol. The molecule has 1 spiro atoms. The Kier molecular flexibility index (Phi) is 9.46. The minimum Gasteiger partial charge on any atom is -0.378 e. The molecule has 2 heterocycles. The number of carbonyl (C=O) groups excluding carboxylic acids is 4. The minimum absolute atomic E-state index is 0.0282. The maximum absolute atomic E-state index is 12.0. The molecule has 4 atom stereocenters. The van der Waals surface area contributed by atoms with E-state index in [1.165, 1.54) is 0 Å². The Hall–Kier alpha value is -2.88. The van der Waals surface area contributed by atoms with Crippen LogP contribution in [-0.4, -0.2) is 72.6 Å². The predicted octanol–water partition coefficient (Wildman–Crippen LogP) is 1.63. The third-order valence-corrected chi connectivity index (χ3v) is 8.08. The number of fused-ring (bicyclic) bond motifs is 1. The molecule has 2 saturated heterocycles. The standard InChI is InChI=1S/C13H23NO2.C10H13N3O2.C2H2F3NO/c1-12(2,16-5)6-11(15)14-7-9-10(8-14)13(9,3)4;11-5-8(12-6-14)3-7-4-10(1-2-10)13-9(7)15;3-2(4,5)1(6)7/h9-10H,6-8H2,1-5H3;6-8H,1-4H2,(H,12,14)(H,13,15);(H2,6,7). The first-order valence-corrected chi connectivity index (χ1v) is 12.5. The second kappa shape index (κ2) is 11.5. The summed E-state index contributed by atoms with van der Waals surface area (Å²) in [6.07, 6.45) is -0.536. The number of hydrogen-bond donors (Lipinski definition) is 3. The molecule has 4 fully saturated rings. The van der Waals surface area contributed by atoms with Gasteiger partial charge in [-0.25, -0.2) is 0 Å². The molecule has 0 bridgehead atoms. The van der Waals surface area contributed by atoms with Gasteiger partial charge >= 0.3 is 12.1 Å². The number of halogens is 3. The zero-order valence-corrected chi connectivity index (χ0v) is 22.5. The van der Waals surface area contributed by atoms with Gasteiger partial charge in [0.1, 0.15) is 6.04 Å². The fourth-order valence-electron chi connectivity index (χ4n) is 5.06. The number of ether oxygens (including phenoxy) is 1. The summed E-state index contributed by atoms with van der Waals surface area (Å²) in [6, 6.07) is 1.43. The molecular formula is C25H38F3N5O5. The molecule has 4 aliphatic rings. The molecule has 38 heavy (non-hydrogen) atoms. The third kappa shape index (κ3) is 8.06. The highest BCUT2D eigenvalue weighted by Crippen LogP contribution is 2.62. The summed E-state index contributed by atoms with van der Waals surface area (Å²) < 4.78 is 37.4. The molecule has 2 aliphatic carbocycles. The van der Waals surface area contributed by atoms with Gasteiger partial charge in [0, 0.05) is 31.7 Å². The van der Waals surface area contributed by atoms with E-state index in [-0.39, 0.29) is 28.9 Å². The Labute approximate surface area is 220 Å². The van der Waals surface area contributed by atoms with Crippen molar-refractivity contribution in [1.29, 1.82) is 5.26 Å². The summed E-state index contributed by atoms with van der Waals surface area (Å²) in [6.45, 7) is 10.5. The van der Waals surface area contributed by atoms with Crippen molar-refractivity contribution in [3.05, 3.63) is 0 Å². The number of likely N-dealkylation sites (tertiary alicyclic amines) is 1. The Balaban J connectivity index is 0.000000216. The normalized spacial score (nSPS) is 26.3. The smallest absolute Gasteiger partial charge is 0.378 e. The van der Waals surface area contributed by atoms with Crippen molar-refractivity contribution in [2.24, 2.45) is 28.9 Å². The van der Waals surface area contributed by atoms with Crippen LogP contribution in [0.3, 0.4) is 0 Å². The van der Waals surface area contributed by atoms with Crippen LogP contribution in [0.1, 0.15) is 59.8 Å². The van der Waals surface area contributed by atoms with Crippen LogP contribution in [-0.2, 0) is 23.9 Å². The molecule has 4 rings (SSSR count). The zero-order valence-electron chi connectivity index (χ0n) is 22.5. The lowest BCUT2D eigenvalue weighted by Crippen LogP contribution is -2.38. The number of nitrogens with two attached hydrogens (primary N) is 1. The van der Waals surface area contributed by atoms with Crippen LogP contribution >= 0.6 is 0 Å². The lowest BCUT2D eigenvalue weighted by Gasteiger charge is -2.27. The molecule has 0 aromatic heterocycles. The zero-order chi connectivity index (χ0) is 29.1. The van der Waals surface area contributed by atoms with Gasteiger partial charge in [0.2, 0.25) is 18.2 Å². The quantitative estimate of drug-likeness (QED) is 0.413. The number of primary amides is 1. The van der Waals surface area contributed by atoms with Crippen LogP contribution < -0.4 is 16.4 Å². The minimum atomic E-state index is -4.86. The van der Waals surface area contributed by atoms with Gasteiger partial charge in [0.05, 0.1) is 18.1 Å². The first-order chi connectivity index (χ1) is 17.4. The number of nitrogens with one attached hydrogen (secondary N) is 2. The first-order valence-electron chi connectivity index (χ1n) is 12.5. The number of piperidine rings is 1. The SMILES string of the molecule is COC(C)(C)CC(=O)N1CC2C(C1)C2(C)C.N#CC(CC1CC2(CC2)NC1=O)NC=O.NC(=O)C(F)(F)F. The fraction of sp³-hybridized carbons (Fsp3) is 0.800. The Morgan fingerprint density at radius 2 is 1.82 bits per heavy atom. The molecule has 13 heteroatoms. The lowest BCUT2D eigenvalue weighted by molar-refractivity contribution is -0.169. The molecule has 214 valence electrons. The summed E-state index contributed by atoms with van der Waals surface area (Å²) in [4.78, 5) is 44.9. The van der Waals surface area contributed by atoms with Crippen LogP contribution in [0.15, 0.2) is 0 Å². The number of nitriles is 1. The van der Waals surface area contributed by atoms with Crippen LogP contribution in [0.2, 0.25) is 0 Å². The first kappa shape index (κ1) is 31.3. The number of nitrogens with zero attached hydrogens (tertiary/aromatic N) is 2. The van der Waals surface area contributed by atoms with Crippen molar-refractivity contribution < 1.29 is 37.1 Å². The van der Waals surface area contributed by atoms with Crippen molar-refractivity contribution in [1.82, 2.24) is 15.5 Å². The predicted molar refractivity (Wildman–Crippen MR) is 130 cm³/mol. The maximum Gasteiger partial charge on any atom is 0.470 e. The van der Waals surface area contributed by atoms with Gasteiger partial charge in [-0.3, -0.25) is 19.2 Å². The van der Waals surface area contributed by atoms with E-state index in [1.807, 2.05) is 24.8 Å². The van der Waals surface area contributed by atoms with E-state index >= 15 is 0 Å². The van der Waals surface area contributed by atoms with Gasteiger partial charge < -0.3 is 26.0 Å². The topological polar surface area (TPSA) is 155 Å². The second-order valence-electron chi connectivity index (χ2n) is 11.7. The molecule has 4 N–H and O–H groups in total. The Morgan fingerprint density at radius 1 is 1.29 bits per heavy atom. The van der Waals surface area contributed by atoms with Crippen molar-refractivity contribution in [3.63, 3.8) is 0 Å². The van der Waals surface area contributed by atoms with Gasteiger partial charge in [-0.05, 0) is 56.8 Å². The fourth-order valence-corrected chi connectivity index (χ4v) is 5.06. The molecule has 4 amide bonds. The number of hydrogen-bond acceptors (Lipinski definition) is 6. The number of alkyl halides is 3. The molecule has 2 saturated carbocycles. The number of rotatable bonds is 7. The van der Waals surface area contributed by atoms with Gasteiger partial charge in [-0.1, -0.05) is 13.8 Å². The van der Waals surface area contributed by atoms with Crippen molar-refractivity contribution in [2.75, 3.05) is 20.2 Å². The van der Waals surface area contributed by atoms with Crippen LogP contribution in [0.4, 0.5) is 13.2 Å². The second-order valence-corrected chi connectivity index (χ2v) is 11.7. The number of methoxy groups -OCH3 is 1. The highest BCUT2D eigenvalue weighted by molar-refractivity contribution is 5.83. The Bertz CT molecular complexity index is 944.